The predicted molar refractivity (Wildman–Crippen MR) is 65.7 cm³/mol. The van der Waals surface area contributed by atoms with E-state index in [1.807, 2.05) is 0 Å². The van der Waals surface area contributed by atoms with Gasteiger partial charge in [0.1, 0.15) is 12.2 Å². The largest absolute Gasteiger partial charge is 0.465 e. The molecule has 0 N–H and O–H groups in total. The van der Waals surface area contributed by atoms with Gasteiger partial charge in [0.15, 0.2) is 0 Å². The van der Waals surface area contributed by atoms with Crippen LogP contribution in [0, 0.1) is 0 Å². The van der Waals surface area contributed by atoms with Gasteiger partial charge in [0.2, 0.25) is 0 Å². The SMILES string of the molecule is C=CCOCCCCCCOC(=O)CC(C)=O. The molecular weight excluding hydrogens is 220 g/mol. The van der Waals surface area contributed by atoms with Gasteiger partial charge in [-0.25, -0.2) is 0 Å². The average Bonchev–Trinajstić information content (AvgIpc) is 2.26. The lowest BCUT2D eigenvalue weighted by Gasteiger charge is -2.04. The highest BCUT2D eigenvalue weighted by molar-refractivity contribution is 5.94. The lowest BCUT2D eigenvalue weighted by atomic mass is 10.2. The molecule has 0 rings (SSSR count). The summed E-state index contributed by atoms with van der Waals surface area (Å²) in [6.45, 7) is 6.69. The van der Waals surface area contributed by atoms with Gasteiger partial charge in [-0.1, -0.05) is 12.5 Å². The van der Waals surface area contributed by atoms with Gasteiger partial charge in [0.05, 0.1) is 13.2 Å². The number of ketones is 1. The number of rotatable bonds is 11. The molecular formula is C13H22O4. The third-order valence-electron chi connectivity index (χ3n) is 2.08. The van der Waals surface area contributed by atoms with Crippen LogP contribution in [-0.4, -0.2) is 31.6 Å². The lowest BCUT2D eigenvalue weighted by Crippen LogP contribution is -2.09. The summed E-state index contributed by atoms with van der Waals surface area (Å²) in [7, 11) is 0. The Balaban J connectivity index is 3.15. The first-order valence-electron chi connectivity index (χ1n) is 6.00. The Morgan fingerprint density at radius 2 is 1.76 bits per heavy atom. The van der Waals surface area contributed by atoms with Gasteiger partial charge < -0.3 is 9.47 Å². The number of carbonyl (C=O) groups excluding carboxylic acids is 2. The summed E-state index contributed by atoms with van der Waals surface area (Å²) in [6.07, 6.45) is 5.52. The van der Waals surface area contributed by atoms with Crippen LogP contribution in [0.1, 0.15) is 39.0 Å². The highest BCUT2D eigenvalue weighted by Gasteiger charge is 2.05. The Kier molecular flexibility index (Phi) is 10.6. The number of carbonyl (C=O) groups is 2. The van der Waals surface area contributed by atoms with Crippen LogP contribution in [0.15, 0.2) is 12.7 Å². The molecule has 0 aromatic rings. The van der Waals surface area contributed by atoms with E-state index in [1.165, 1.54) is 6.92 Å². The topological polar surface area (TPSA) is 52.6 Å². The molecule has 17 heavy (non-hydrogen) atoms. The van der Waals surface area contributed by atoms with E-state index >= 15 is 0 Å². The molecule has 0 aliphatic heterocycles. The van der Waals surface area contributed by atoms with Crippen molar-refractivity contribution in [3.8, 4) is 0 Å². The van der Waals surface area contributed by atoms with Crippen molar-refractivity contribution in [2.75, 3.05) is 19.8 Å². The van der Waals surface area contributed by atoms with Gasteiger partial charge >= 0.3 is 5.97 Å². The minimum absolute atomic E-state index is 0.116. The fourth-order valence-electron chi connectivity index (χ4n) is 1.27. The maximum atomic E-state index is 11.0. The van der Waals surface area contributed by atoms with E-state index in [0.717, 1.165) is 32.3 Å². The van der Waals surface area contributed by atoms with Crippen LogP contribution in [0.2, 0.25) is 0 Å². The third-order valence-corrected chi connectivity index (χ3v) is 2.08. The predicted octanol–water partition coefficient (Wildman–Crippen LogP) is 2.27. The first-order chi connectivity index (χ1) is 8.16. The maximum absolute atomic E-state index is 11.0. The molecule has 0 amide bonds. The van der Waals surface area contributed by atoms with E-state index in [9.17, 15) is 9.59 Å². The summed E-state index contributed by atoms with van der Waals surface area (Å²) in [6, 6.07) is 0. The minimum Gasteiger partial charge on any atom is -0.465 e. The van der Waals surface area contributed by atoms with Gasteiger partial charge in [-0.05, 0) is 26.2 Å². The van der Waals surface area contributed by atoms with Crippen molar-refractivity contribution in [3.63, 3.8) is 0 Å². The molecule has 0 heterocycles. The molecule has 98 valence electrons. The molecule has 0 saturated carbocycles. The summed E-state index contributed by atoms with van der Waals surface area (Å²) < 4.78 is 10.1. The molecule has 0 aliphatic rings. The Bertz CT molecular complexity index is 236. The number of unbranched alkanes of at least 4 members (excludes halogenated alkanes) is 3. The molecule has 0 spiro atoms. The number of hydrogen-bond acceptors (Lipinski definition) is 4. The average molecular weight is 242 g/mol. The first-order valence-corrected chi connectivity index (χ1v) is 6.00. The van der Waals surface area contributed by atoms with E-state index in [0.29, 0.717) is 13.2 Å². The normalized spacial score (nSPS) is 9.94. The molecule has 0 atom stereocenters. The van der Waals surface area contributed by atoms with Crippen molar-refractivity contribution in [3.05, 3.63) is 12.7 Å². The Labute approximate surface area is 103 Å². The van der Waals surface area contributed by atoms with Gasteiger partial charge in [-0.2, -0.15) is 0 Å². The molecule has 0 aromatic carbocycles. The third kappa shape index (κ3) is 12.8. The molecule has 0 radical (unpaired) electrons. The standard InChI is InChI=1S/C13H22O4/c1-3-8-16-9-6-4-5-7-10-17-13(15)11-12(2)14/h3H,1,4-11H2,2H3. The summed E-state index contributed by atoms with van der Waals surface area (Å²) >= 11 is 0. The number of hydrogen-bond donors (Lipinski definition) is 0. The smallest absolute Gasteiger partial charge is 0.313 e. The second kappa shape index (κ2) is 11.3. The zero-order chi connectivity index (χ0) is 12.9. The van der Waals surface area contributed by atoms with Crippen molar-refractivity contribution < 1.29 is 19.1 Å². The van der Waals surface area contributed by atoms with Gasteiger partial charge in [0.25, 0.3) is 0 Å². The van der Waals surface area contributed by atoms with Crippen LogP contribution in [0.3, 0.4) is 0 Å². The van der Waals surface area contributed by atoms with Crippen LogP contribution in [0.5, 0.6) is 0 Å². The highest BCUT2D eigenvalue weighted by Crippen LogP contribution is 2.01. The van der Waals surface area contributed by atoms with Crippen molar-refractivity contribution in [1.29, 1.82) is 0 Å². The van der Waals surface area contributed by atoms with E-state index in [-0.39, 0.29) is 12.2 Å². The molecule has 0 bridgehead atoms. The second-order valence-electron chi connectivity index (χ2n) is 3.88. The summed E-state index contributed by atoms with van der Waals surface area (Å²) in [5, 5.41) is 0. The van der Waals surface area contributed by atoms with Crippen LogP contribution < -0.4 is 0 Å². The molecule has 4 nitrogen and oxygen atoms in total. The second-order valence-corrected chi connectivity index (χ2v) is 3.88. The van der Waals surface area contributed by atoms with E-state index in [2.05, 4.69) is 6.58 Å². The monoisotopic (exact) mass is 242 g/mol. The fourth-order valence-corrected chi connectivity index (χ4v) is 1.27. The van der Waals surface area contributed by atoms with Crippen molar-refractivity contribution in [2.45, 2.75) is 39.0 Å². The number of ether oxygens (including phenoxy) is 2. The van der Waals surface area contributed by atoms with Crippen LogP contribution in [0.4, 0.5) is 0 Å². The minimum atomic E-state index is -0.424. The summed E-state index contributed by atoms with van der Waals surface area (Å²) in [5.41, 5.74) is 0. The molecule has 4 heteroatoms. The van der Waals surface area contributed by atoms with Gasteiger partial charge in [-0.15, -0.1) is 6.58 Å². The van der Waals surface area contributed by atoms with Crippen molar-refractivity contribution >= 4 is 11.8 Å². The van der Waals surface area contributed by atoms with Crippen LogP contribution in [-0.2, 0) is 19.1 Å². The van der Waals surface area contributed by atoms with E-state index in [4.69, 9.17) is 9.47 Å². The molecule has 0 aromatic heterocycles. The number of esters is 1. The Morgan fingerprint density at radius 1 is 1.12 bits per heavy atom. The summed E-state index contributed by atoms with van der Waals surface area (Å²) in [5.74, 6) is -0.582. The van der Waals surface area contributed by atoms with Crippen LogP contribution >= 0.6 is 0 Å². The van der Waals surface area contributed by atoms with Crippen molar-refractivity contribution in [2.24, 2.45) is 0 Å². The molecule has 0 fully saturated rings. The Morgan fingerprint density at radius 3 is 2.35 bits per heavy atom. The molecule has 0 aliphatic carbocycles. The van der Waals surface area contributed by atoms with Gasteiger partial charge in [0, 0.05) is 6.61 Å². The van der Waals surface area contributed by atoms with E-state index in [1.54, 1.807) is 6.08 Å². The highest BCUT2D eigenvalue weighted by atomic mass is 16.5. The van der Waals surface area contributed by atoms with Crippen LogP contribution in [0.25, 0.3) is 0 Å². The lowest BCUT2D eigenvalue weighted by molar-refractivity contribution is -0.145. The zero-order valence-electron chi connectivity index (χ0n) is 10.6. The van der Waals surface area contributed by atoms with Crippen molar-refractivity contribution in [1.82, 2.24) is 0 Å². The maximum Gasteiger partial charge on any atom is 0.313 e. The molecule has 0 unspecified atom stereocenters. The fraction of sp³-hybridized carbons (Fsp3) is 0.692. The Hall–Kier alpha value is -1.16. The quantitative estimate of drug-likeness (QED) is 0.241. The summed E-state index contributed by atoms with van der Waals surface area (Å²) in [4.78, 5) is 21.6. The number of Topliss-reactive ketones (excluding diaryl/α,β-unsaturated/α-hetero) is 1. The van der Waals surface area contributed by atoms with Gasteiger partial charge in [-0.3, -0.25) is 9.59 Å². The van der Waals surface area contributed by atoms with E-state index < -0.39 is 5.97 Å². The molecule has 0 saturated heterocycles. The zero-order valence-corrected chi connectivity index (χ0v) is 10.6. The first kappa shape index (κ1) is 15.8.